The minimum absolute atomic E-state index is 0. The van der Waals surface area contributed by atoms with Crippen molar-refractivity contribution in [2.45, 2.75) is 31.8 Å². The number of nitrogens with one attached hydrogen (secondary N) is 2. The zero-order valence-corrected chi connectivity index (χ0v) is 13.1. The van der Waals surface area contributed by atoms with Gasteiger partial charge in [-0.3, -0.25) is 14.9 Å². The number of amides is 1. The quantitative estimate of drug-likeness (QED) is 0.633. The lowest BCUT2D eigenvalue weighted by atomic mass is 10.00. The van der Waals surface area contributed by atoms with Crippen LogP contribution in [-0.4, -0.2) is 36.1 Å². The summed E-state index contributed by atoms with van der Waals surface area (Å²) in [6.07, 6.45) is 2.00. The second-order valence-corrected chi connectivity index (χ2v) is 5.10. The van der Waals surface area contributed by atoms with Crippen LogP contribution in [0.1, 0.15) is 19.8 Å². The van der Waals surface area contributed by atoms with Gasteiger partial charge in [0.05, 0.1) is 4.92 Å². The summed E-state index contributed by atoms with van der Waals surface area (Å²) < 4.78 is 5.32. The molecule has 0 spiro atoms. The number of carbonyl (C=O) groups excluding carboxylic acids is 1. The van der Waals surface area contributed by atoms with Crippen LogP contribution in [0.4, 0.5) is 5.69 Å². The van der Waals surface area contributed by atoms with E-state index in [0.29, 0.717) is 5.75 Å². The molecule has 1 aliphatic rings. The van der Waals surface area contributed by atoms with E-state index >= 15 is 0 Å². The van der Waals surface area contributed by atoms with E-state index in [-0.39, 0.29) is 42.7 Å². The first-order valence-corrected chi connectivity index (χ1v) is 6.96. The number of hydrogen-bond donors (Lipinski definition) is 2. The van der Waals surface area contributed by atoms with Crippen molar-refractivity contribution in [3.8, 4) is 5.75 Å². The number of ether oxygens (including phenoxy) is 1. The predicted molar refractivity (Wildman–Crippen MR) is 84.5 cm³/mol. The predicted octanol–water partition coefficient (Wildman–Crippen LogP) is 1.65. The van der Waals surface area contributed by atoms with Gasteiger partial charge in [-0.15, -0.1) is 12.4 Å². The zero-order valence-electron chi connectivity index (χ0n) is 12.3. The number of non-ortho nitro benzene ring substituents is 1. The van der Waals surface area contributed by atoms with Crippen molar-refractivity contribution in [2.24, 2.45) is 0 Å². The topological polar surface area (TPSA) is 93.5 Å². The van der Waals surface area contributed by atoms with Crippen molar-refractivity contribution in [1.29, 1.82) is 0 Å². The van der Waals surface area contributed by atoms with Gasteiger partial charge in [-0.1, -0.05) is 0 Å². The average molecular weight is 330 g/mol. The molecule has 1 heterocycles. The molecular weight excluding hydrogens is 310 g/mol. The van der Waals surface area contributed by atoms with Crippen molar-refractivity contribution < 1.29 is 14.5 Å². The SMILES string of the molecule is CC1NCCCC1NC(=O)COc1ccc([N+](=O)[O-])cc1.Cl. The van der Waals surface area contributed by atoms with Gasteiger partial charge in [-0.05, 0) is 38.4 Å². The van der Waals surface area contributed by atoms with E-state index in [1.807, 2.05) is 6.92 Å². The lowest BCUT2D eigenvalue weighted by Crippen LogP contribution is -2.52. The maximum Gasteiger partial charge on any atom is 0.269 e. The Morgan fingerprint density at radius 2 is 2.14 bits per heavy atom. The molecule has 0 saturated carbocycles. The zero-order chi connectivity index (χ0) is 15.2. The van der Waals surface area contributed by atoms with Gasteiger partial charge in [-0.2, -0.15) is 0 Å². The summed E-state index contributed by atoms with van der Waals surface area (Å²) in [6.45, 7) is 2.93. The minimum atomic E-state index is -0.478. The molecule has 1 aliphatic heterocycles. The van der Waals surface area contributed by atoms with Crippen LogP contribution in [-0.2, 0) is 4.79 Å². The van der Waals surface area contributed by atoms with Gasteiger partial charge < -0.3 is 15.4 Å². The van der Waals surface area contributed by atoms with Crippen molar-refractivity contribution in [2.75, 3.05) is 13.2 Å². The largest absolute Gasteiger partial charge is 0.484 e. The van der Waals surface area contributed by atoms with Crippen LogP contribution in [0, 0.1) is 10.1 Å². The first kappa shape index (κ1) is 18.2. The number of benzene rings is 1. The number of nitro groups is 1. The molecule has 2 N–H and O–H groups in total. The Bertz CT molecular complexity index is 509. The Morgan fingerprint density at radius 1 is 1.45 bits per heavy atom. The van der Waals surface area contributed by atoms with E-state index in [2.05, 4.69) is 10.6 Å². The van der Waals surface area contributed by atoms with Crippen LogP contribution in [0.3, 0.4) is 0 Å². The number of halogens is 1. The molecule has 1 aromatic carbocycles. The summed E-state index contributed by atoms with van der Waals surface area (Å²) in [6, 6.07) is 6.03. The molecule has 122 valence electrons. The average Bonchev–Trinajstić information content (AvgIpc) is 2.48. The third-order valence-electron chi connectivity index (χ3n) is 3.53. The molecule has 0 aliphatic carbocycles. The Hall–Kier alpha value is -1.86. The Balaban J connectivity index is 0.00000242. The molecule has 7 nitrogen and oxygen atoms in total. The third kappa shape index (κ3) is 5.16. The fourth-order valence-electron chi connectivity index (χ4n) is 2.30. The molecule has 1 aromatic rings. The summed E-state index contributed by atoms with van der Waals surface area (Å²) in [5.41, 5.74) is -0.00564. The molecule has 2 atom stereocenters. The summed E-state index contributed by atoms with van der Waals surface area (Å²) in [4.78, 5) is 21.9. The number of rotatable bonds is 5. The van der Waals surface area contributed by atoms with Gasteiger partial charge in [0.25, 0.3) is 11.6 Å². The minimum Gasteiger partial charge on any atom is -0.484 e. The summed E-state index contributed by atoms with van der Waals surface area (Å²) in [5, 5.41) is 16.8. The third-order valence-corrected chi connectivity index (χ3v) is 3.53. The molecule has 2 rings (SSSR count). The lowest BCUT2D eigenvalue weighted by molar-refractivity contribution is -0.384. The molecule has 22 heavy (non-hydrogen) atoms. The maximum atomic E-state index is 11.8. The molecule has 1 fully saturated rings. The normalized spacial score (nSPS) is 20.6. The molecule has 0 radical (unpaired) electrons. The first-order chi connectivity index (χ1) is 10.1. The van der Waals surface area contributed by atoms with Crippen LogP contribution in [0.25, 0.3) is 0 Å². The molecule has 0 aromatic heterocycles. The van der Waals surface area contributed by atoms with Gasteiger partial charge >= 0.3 is 0 Å². The number of hydrogen-bond acceptors (Lipinski definition) is 5. The Kier molecular flexibility index (Phi) is 7.07. The highest BCUT2D eigenvalue weighted by Gasteiger charge is 2.22. The van der Waals surface area contributed by atoms with Gasteiger partial charge in [0.2, 0.25) is 0 Å². The highest BCUT2D eigenvalue weighted by atomic mass is 35.5. The van der Waals surface area contributed by atoms with Gasteiger partial charge in [0.1, 0.15) is 5.75 Å². The summed E-state index contributed by atoms with van der Waals surface area (Å²) in [5.74, 6) is 0.250. The van der Waals surface area contributed by atoms with E-state index in [9.17, 15) is 14.9 Å². The van der Waals surface area contributed by atoms with Crippen LogP contribution in [0.5, 0.6) is 5.75 Å². The molecule has 1 amide bonds. The van der Waals surface area contributed by atoms with Gasteiger partial charge in [0, 0.05) is 24.2 Å². The van der Waals surface area contributed by atoms with Crippen molar-refractivity contribution in [1.82, 2.24) is 10.6 Å². The van der Waals surface area contributed by atoms with Crippen molar-refractivity contribution in [3.63, 3.8) is 0 Å². The van der Waals surface area contributed by atoms with Gasteiger partial charge in [-0.25, -0.2) is 0 Å². The van der Waals surface area contributed by atoms with E-state index < -0.39 is 4.92 Å². The van der Waals surface area contributed by atoms with E-state index in [4.69, 9.17) is 4.74 Å². The van der Waals surface area contributed by atoms with Crippen LogP contribution >= 0.6 is 12.4 Å². The molecule has 0 bridgehead atoms. The highest BCUT2D eigenvalue weighted by molar-refractivity contribution is 5.85. The summed E-state index contributed by atoms with van der Waals surface area (Å²) >= 11 is 0. The number of carbonyl (C=O) groups is 1. The fourth-order valence-corrected chi connectivity index (χ4v) is 2.30. The van der Waals surface area contributed by atoms with Crippen LogP contribution in [0.15, 0.2) is 24.3 Å². The van der Waals surface area contributed by atoms with Gasteiger partial charge in [0.15, 0.2) is 6.61 Å². The smallest absolute Gasteiger partial charge is 0.269 e. The number of nitro benzene ring substituents is 1. The summed E-state index contributed by atoms with van der Waals surface area (Å²) in [7, 11) is 0. The number of nitrogens with zero attached hydrogens (tertiary/aromatic N) is 1. The number of piperidine rings is 1. The van der Waals surface area contributed by atoms with E-state index in [1.54, 1.807) is 0 Å². The Morgan fingerprint density at radius 3 is 2.73 bits per heavy atom. The standard InChI is InChI=1S/C14H19N3O4.ClH/c1-10-13(3-2-8-15-10)16-14(18)9-21-12-6-4-11(5-7-12)17(19)20;/h4-7,10,13,15H,2-3,8-9H2,1H3,(H,16,18);1H. The first-order valence-electron chi connectivity index (χ1n) is 6.96. The van der Waals surface area contributed by atoms with Crippen LogP contribution in [0.2, 0.25) is 0 Å². The van der Waals surface area contributed by atoms with Crippen molar-refractivity contribution >= 4 is 24.0 Å². The van der Waals surface area contributed by atoms with E-state index in [0.717, 1.165) is 19.4 Å². The van der Waals surface area contributed by atoms with Crippen LogP contribution < -0.4 is 15.4 Å². The molecule has 8 heteroatoms. The maximum absolute atomic E-state index is 11.8. The molecule has 1 saturated heterocycles. The van der Waals surface area contributed by atoms with Crippen molar-refractivity contribution in [3.05, 3.63) is 34.4 Å². The Labute approximate surface area is 135 Å². The van der Waals surface area contributed by atoms with E-state index in [1.165, 1.54) is 24.3 Å². The lowest BCUT2D eigenvalue weighted by Gasteiger charge is -2.30. The second kappa shape index (κ2) is 8.55. The monoisotopic (exact) mass is 329 g/mol. The highest BCUT2D eigenvalue weighted by Crippen LogP contribution is 2.17. The molecular formula is C14H20ClN3O4. The molecule has 2 unspecified atom stereocenters. The second-order valence-electron chi connectivity index (χ2n) is 5.10. The fraction of sp³-hybridized carbons (Fsp3) is 0.500.